The van der Waals surface area contributed by atoms with Gasteiger partial charge >= 0.3 is 6.03 Å². The maximum absolute atomic E-state index is 14.0. The number of carbonyl (C=O) groups is 1. The highest BCUT2D eigenvalue weighted by Gasteiger charge is 2.55. The molecule has 5 heteroatoms. The van der Waals surface area contributed by atoms with E-state index < -0.39 is 5.54 Å². The van der Waals surface area contributed by atoms with E-state index in [9.17, 15) is 4.79 Å². The second-order valence-electron chi connectivity index (χ2n) is 8.36. The molecule has 4 rings (SSSR count). The summed E-state index contributed by atoms with van der Waals surface area (Å²) >= 11 is 12.3. The maximum atomic E-state index is 14.0. The summed E-state index contributed by atoms with van der Waals surface area (Å²) in [6.45, 7) is 6.43. The number of halogens is 2. The van der Waals surface area contributed by atoms with Crippen molar-refractivity contribution in [3.8, 4) is 0 Å². The molecule has 0 aromatic heterocycles. The molecule has 1 aliphatic heterocycles. The van der Waals surface area contributed by atoms with Gasteiger partial charge in [0.05, 0.1) is 11.6 Å². The Balaban J connectivity index is 1.94. The van der Waals surface area contributed by atoms with Gasteiger partial charge in [0.1, 0.15) is 0 Å². The quantitative estimate of drug-likeness (QED) is 0.383. The van der Waals surface area contributed by atoms with Crippen molar-refractivity contribution in [3.63, 3.8) is 0 Å². The van der Waals surface area contributed by atoms with Crippen molar-refractivity contribution >= 4 is 40.6 Å². The van der Waals surface area contributed by atoms with Gasteiger partial charge in [-0.1, -0.05) is 66.4 Å². The second kappa shape index (κ2) is 8.57. The van der Waals surface area contributed by atoms with Gasteiger partial charge in [0.15, 0.2) is 0 Å². The molecule has 0 saturated carbocycles. The molecule has 3 nitrogen and oxygen atoms in total. The molecule has 0 aliphatic carbocycles. The predicted molar refractivity (Wildman–Crippen MR) is 130 cm³/mol. The monoisotopic (exact) mass is 452 g/mol. The molecule has 0 N–H and O–H groups in total. The van der Waals surface area contributed by atoms with Crippen molar-refractivity contribution in [2.45, 2.75) is 45.2 Å². The molecule has 0 radical (unpaired) electrons. The number of hydrogen-bond donors (Lipinski definition) is 0. The summed E-state index contributed by atoms with van der Waals surface area (Å²) in [6.07, 6.45) is 1.80. The number of anilines is 2. The van der Waals surface area contributed by atoms with Gasteiger partial charge in [-0.15, -0.1) is 0 Å². The zero-order valence-electron chi connectivity index (χ0n) is 18.0. The largest absolute Gasteiger partial charge is 0.330 e. The molecule has 3 aromatic rings. The molecule has 1 saturated heterocycles. The number of amides is 2. The topological polar surface area (TPSA) is 23.6 Å². The van der Waals surface area contributed by atoms with Gasteiger partial charge in [0, 0.05) is 21.4 Å². The van der Waals surface area contributed by atoms with Crippen LogP contribution in [0.1, 0.15) is 43.9 Å². The molecular formula is C26H26Cl2N2O. The number of benzene rings is 3. The van der Waals surface area contributed by atoms with Crippen molar-refractivity contribution in [1.82, 2.24) is 0 Å². The van der Waals surface area contributed by atoms with Crippen LogP contribution >= 0.6 is 23.2 Å². The van der Waals surface area contributed by atoms with Crippen molar-refractivity contribution < 1.29 is 4.79 Å². The lowest BCUT2D eigenvalue weighted by atomic mass is 9.82. The van der Waals surface area contributed by atoms with E-state index in [0.717, 1.165) is 29.8 Å². The van der Waals surface area contributed by atoms with Crippen LogP contribution in [0.3, 0.4) is 0 Å². The molecule has 3 aromatic carbocycles. The Morgan fingerprint density at radius 1 is 0.903 bits per heavy atom. The molecule has 31 heavy (non-hydrogen) atoms. The van der Waals surface area contributed by atoms with E-state index in [0.29, 0.717) is 10.0 Å². The third-order valence-corrected chi connectivity index (χ3v) is 6.56. The second-order valence-corrected chi connectivity index (χ2v) is 9.24. The number of aryl methyl sites for hydroxylation is 1. The molecule has 1 heterocycles. The Hall–Kier alpha value is -2.49. The number of urea groups is 1. The summed E-state index contributed by atoms with van der Waals surface area (Å²) in [7, 11) is 0. The highest BCUT2D eigenvalue weighted by Crippen LogP contribution is 2.50. The molecular weight excluding hydrogens is 427 g/mol. The van der Waals surface area contributed by atoms with Crippen LogP contribution in [0.4, 0.5) is 16.2 Å². The van der Waals surface area contributed by atoms with Gasteiger partial charge in [-0.2, -0.15) is 0 Å². The number of hydrogen-bond acceptors (Lipinski definition) is 1. The summed E-state index contributed by atoms with van der Waals surface area (Å²) in [5.74, 6) is 0. The van der Waals surface area contributed by atoms with Crippen LogP contribution in [0.2, 0.25) is 10.0 Å². The zero-order valence-corrected chi connectivity index (χ0v) is 19.5. The maximum Gasteiger partial charge on any atom is 0.330 e. The van der Waals surface area contributed by atoms with Crippen LogP contribution in [0.25, 0.3) is 0 Å². The average molecular weight is 453 g/mol. The lowest BCUT2D eigenvalue weighted by molar-refractivity contribution is 0.253. The van der Waals surface area contributed by atoms with Gasteiger partial charge in [-0.3, -0.25) is 9.80 Å². The van der Waals surface area contributed by atoms with Gasteiger partial charge in [-0.25, -0.2) is 4.79 Å². The molecule has 1 fully saturated rings. The smallest absolute Gasteiger partial charge is 0.286 e. The lowest BCUT2D eigenvalue weighted by Gasteiger charge is -2.39. The first-order valence-corrected chi connectivity index (χ1v) is 11.3. The Kier molecular flexibility index (Phi) is 6.00. The highest BCUT2D eigenvalue weighted by molar-refractivity contribution is 6.31. The fourth-order valence-corrected chi connectivity index (χ4v) is 5.05. The molecule has 160 valence electrons. The van der Waals surface area contributed by atoms with E-state index >= 15 is 0 Å². The minimum Gasteiger partial charge on any atom is -0.286 e. The van der Waals surface area contributed by atoms with Crippen LogP contribution in [-0.4, -0.2) is 11.6 Å². The van der Waals surface area contributed by atoms with Crippen molar-refractivity contribution in [2.24, 2.45) is 0 Å². The molecule has 0 unspecified atom stereocenters. The van der Waals surface area contributed by atoms with E-state index in [-0.39, 0.29) is 12.1 Å². The Morgan fingerprint density at radius 3 is 2.03 bits per heavy atom. The summed E-state index contributed by atoms with van der Waals surface area (Å²) in [5.41, 5.74) is 3.52. The van der Waals surface area contributed by atoms with E-state index in [1.54, 1.807) is 0 Å². The third-order valence-electron chi connectivity index (χ3n) is 6.06. The SMILES string of the molecule is CCC[C@]1(C)[C@H](c2cccc(C)c2)N(c2ccc(Cl)cc2)C(=O)N1c1ccc(Cl)cc1. The minimum atomic E-state index is -0.451. The molecule has 1 aliphatic rings. The number of nitrogens with zero attached hydrogens (tertiary/aromatic N) is 2. The fourth-order valence-electron chi connectivity index (χ4n) is 4.80. The minimum absolute atomic E-state index is 0.0490. The van der Waals surface area contributed by atoms with E-state index in [1.165, 1.54) is 5.56 Å². The predicted octanol–water partition coefficient (Wildman–Crippen LogP) is 8.05. The first-order chi connectivity index (χ1) is 14.8. The Morgan fingerprint density at radius 2 is 1.48 bits per heavy atom. The number of rotatable bonds is 5. The average Bonchev–Trinajstić information content (AvgIpc) is 2.96. The van der Waals surface area contributed by atoms with Gasteiger partial charge < -0.3 is 0 Å². The van der Waals surface area contributed by atoms with Gasteiger partial charge in [-0.05, 0) is 74.4 Å². The van der Waals surface area contributed by atoms with Crippen molar-refractivity contribution in [2.75, 3.05) is 9.80 Å². The number of carbonyl (C=O) groups excluding carboxylic acids is 1. The van der Waals surface area contributed by atoms with Crippen LogP contribution in [0.5, 0.6) is 0 Å². The molecule has 0 spiro atoms. The highest BCUT2D eigenvalue weighted by atomic mass is 35.5. The van der Waals surface area contributed by atoms with Crippen LogP contribution in [0.15, 0.2) is 72.8 Å². The zero-order chi connectivity index (χ0) is 22.2. The standard InChI is InChI=1S/C26H26Cl2N2O/c1-4-16-26(3)24(19-7-5-6-18(2)17-19)29(22-12-8-20(27)9-13-22)25(31)30(26)23-14-10-21(28)11-15-23/h5-15,17,24H,4,16H2,1-3H3/t24-,26+/m0/s1. The van der Waals surface area contributed by atoms with Gasteiger partial charge in [0.25, 0.3) is 0 Å². The third kappa shape index (κ3) is 3.93. The molecule has 2 atom stereocenters. The normalized spacial score (nSPS) is 21.1. The molecule has 0 bridgehead atoms. The van der Waals surface area contributed by atoms with Crippen molar-refractivity contribution in [3.05, 3.63) is 94.0 Å². The first-order valence-electron chi connectivity index (χ1n) is 10.6. The van der Waals surface area contributed by atoms with Crippen molar-refractivity contribution in [1.29, 1.82) is 0 Å². The summed E-state index contributed by atoms with van der Waals surface area (Å²) in [5, 5.41) is 1.30. The van der Waals surface area contributed by atoms with Gasteiger partial charge in [0.2, 0.25) is 0 Å². The lowest BCUT2D eigenvalue weighted by Crippen LogP contribution is -2.46. The summed E-state index contributed by atoms with van der Waals surface area (Å²) in [4.78, 5) is 17.9. The van der Waals surface area contributed by atoms with E-state index in [2.05, 4.69) is 45.0 Å². The Bertz CT molecular complexity index is 1080. The summed E-state index contributed by atoms with van der Waals surface area (Å²) < 4.78 is 0. The van der Waals surface area contributed by atoms with E-state index in [4.69, 9.17) is 23.2 Å². The summed E-state index contributed by atoms with van der Waals surface area (Å²) in [6, 6.07) is 23.3. The van der Waals surface area contributed by atoms with Crippen LogP contribution < -0.4 is 9.80 Å². The van der Waals surface area contributed by atoms with E-state index in [1.807, 2.05) is 58.3 Å². The first kappa shape index (κ1) is 21.7. The fraction of sp³-hybridized carbons (Fsp3) is 0.269. The van der Waals surface area contributed by atoms with Crippen LogP contribution in [0, 0.1) is 6.92 Å². The van der Waals surface area contributed by atoms with Crippen LogP contribution in [-0.2, 0) is 0 Å². The Labute approximate surface area is 194 Å². The molecule has 2 amide bonds.